The number of rotatable bonds is 3. The minimum Gasteiger partial charge on any atom is -0.258 e. The van der Waals surface area contributed by atoms with Crippen LogP contribution in [0, 0.1) is 10.1 Å². The summed E-state index contributed by atoms with van der Waals surface area (Å²) in [6.07, 6.45) is 0.807. The molecule has 0 aliphatic heterocycles. The normalized spacial score (nSPS) is 12.5. The summed E-state index contributed by atoms with van der Waals surface area (Å²) < 4.78 is 0. The monoisotopic (exact) mass is 243 g/mol. The Balaban J connectivity index is 2.85. The SMILES string of the molecule is CC(Br)Cc1cccc([N+](=O)[O-])c1. The van der Waals surface area contributed by atoms with Crippen molar-refractivity contribution in [2.45, 2.75) is 18.2 Å². The lowest BCUT2D eigenvalue weighted by atomic mass is 10.1. The van der Waals surface area contributed by atoms with Crippen LogP contribution in [-0.2, 0) is 6.42 Å². The van der Waals surface area contributed by atoms with Gasteiger partial charge in [-0.15, -0.1) is 0 Å². The molecule has 1 aromatic rings. The van der Waals surface area contributed by atoms with Crippen LogP contribution in [0.3, 0.4) is 0 Å². The molecule has 0 saturated carbocycles. The van der Waals surface area contributed by atoms with E-state index in [1.807, 2.05) is 13.0 Å². The first-order valence-corrected chi connectivity index (χ1v) is 4.88. The van der Waals surface area contributed by atoms with E-state index >= 15 is 0 Å². The zero-order valence-corrected chi connectivity index (χ0v) is 8.82. The van der Waals surface area contributed by atoms with Gasteiger partial charge >= 0.3 is 0 Å². The van der Waals surface area contributed by atoms with Gasteiger partial charge < -0.3 is 0 Å². The van der Waals surface area contributed by atoms with Gasteiger partial charge in [0.1, 0.15) is 0 Å². The van der Waals surface area contributed by atoms with Crippen LogP contribution in [-0.4, -0.2) is 9.75 Å². The smallest absolute Gasteiger partial charge is 0.258 e. The molecule has 0 spiro atoms. The highest BCUT2D eigenvalue weighted by Gasteiger charge is 2.06. The summed E-state index contributed by atoms with van der Waals surface area (Å²) in [5.41, 5.74) is 1.14. The molecule has 0 aromatic heterocycles. The summed E-state index contributed by atoms with van der Waals surface area (Å²) in [5, 5.41) is 10.4. The van der Waals surface area contributed by atoms with Crippen molar-refractivity contribution in [1.82, 2.24) is 0 Å². The maximum absolute atomic E-state index is 10.4. The van der Waals surface area contributed by atoms with E-state index in [2.05, 4.69) is 15.9 Å². The molecule has 0 amide bonds. The number of nitro benzene ring substituents is 1. The van der Waals surface area contributed by atoms with Gasteiger partial charge in [-0.25, -0.2) is 0 Å². The van der Waals surface area contributed by atoms with E-state index in [1.54, 1.807) is 12.1 Å². The van der Waals surface area contributed by atoms with Crippen LogP contribution in [0.5, 0.6) is 0 Å². The van der Waals surface area contributed by atoms with Gasteiger partial charge in [0.2, 0.25) is 0 Å². The van der Waals surface area contributed by atoms with Crippen molar-refractivity contribution in [3.63, 3.8) is 0 Å². The minimum atomic E-state index is -0.373. The fraction of sp³-hybridized carbons (Fsp3) is 0.333. The van der Waals surface area contributed by atoms with Crippen molar-refractivity contribution in [2.75, 3.05) is 0 Å². The quantitative estimate of drug-likeness (QED) is 0.466. The number of benzene rings is 1. The fourth-order valence-electron chi connectivity index (χ4n) is 1.12. The first-order valence-electron chi connectivity index (χ1n) is 3.97. The molecular weight excluding hydrogens is 234 g/mol. The van der Waals surface area contributed by atoms with Crippen LogP contribution in [0.4, 0.5) is 5.69 Å². The Morgan fingerprint density at radius 3 is 2.85 bits per heavy atom. The van der Waals surface area contributed by atoms with E-state index in [4.69, 9.17) is 0 Å². The van der Waals surface area contributed by atoms with Crippen LogP contribution in [0.15, 0.2) is 24.3 Å². The van der Waals surface area contributed by atoms with Crippen molar-refractivity contribution in [3.05, 3.63) is 39.9 Å². The molecule has 0 saturated heterocycles. The van der Waals surface area contributed by atoms with Gasteiger partial charge in [0.15, 0.2) is 0 Å². The van der Waals surface area contributed by atoms with Crippen LogP contribution in [0.2, 0.25) is 0 Å². The Morgan fingerprint density at radius 1 is 1.62 bits per heavy atom. The Morgan fingerprint density at radius 2 is 2.31 bits per heavy atom. The minimum absolute atomic E-state index is 0.158. The Hall–Kier alpha value is -0.900. The number of nitrogens with zero attached hydrogens (tertiary/aromatic N) is 1. The van der Waals surface area contributed by atoms with Crippen molar-refractivity contribution in [3.8, 4) is 0 Å². The third-order valence-electron chi connectivity index (χ3n) is 1.64. The highest BCUT2D eigenvalue weighted by Crippen LogP contribution is 2.16. The summed E-state index contributed by atoms with van der Waals surface area (Å²) in [6.45, 7) is 2.01. The molecule has 1 atom stereocenters. The van der Waals surface area contributed by atoms with Gasteiger partial charge in [-0.1, -0.05) is 35.0 Å². The summed E-state index contributed by atoms with van der Waals surface area (Å²) in [5.74, 6) is 0. The summed E-state index contributed by atoms with van der Waals surface area (Å²) in [7, 11) is 0. The highest BCUT2D eigenvalue weighted by molar-refractivity contribution is 9.09. The number of alkyl halides is 1. The van der Waals surface area contributed by atoms with Crippen molar-refractivity contribution < 1.29 is 4.92 Å². The Bertz CT molecular complexity index is 312. The molecule has 1 unspecified atom stereocenters. The second-order valence-electron chi connectivity index (χ2n) is 2.91. The molecule has 3 nitrogen and oxygen atoms in total. The predicted molar refractivity (Wildman–Crippen MR) is 55.2 cm³/mol. The van der Waals surface area contributed by atoms with Crippen LogP contribution >= 0.6 is 15.9 Å². The van der Waals surface area contributed by atoms with Gasteiger partial charge in [-0.2, -0.15) is 0 Å². The summed E-state index contributed by atoms with van der Waals surface area (Å²) >= 11 is 3.40. The standard InChI is InChI=1S/C9H10BrNO2/c1-7(10)5-8-3-2-4-9(6-8)11(12)13/h2-4,6-7H,5H2,1H3. The van der Waals surface area contributed by atoms with E-state index in [-0.39, 0.29) is 10.6 Å². The lowest BCUT2D eigenvalue weighted by Crippen LogP contribution is -1.97. The van der Waals surface area contributed by atoms with Gasteiger partial charge in [-0.3, -0.25) is 10.1 Å². The summed E-state index contributed by atoms with van der Waals surface area (Å²) in [4.78, 5) is 10.4. The van der Waals surface area contributed by atoms with Crippen LogP contribution < -0.4 is 0 Å². The number of halogens is 1. The maximum Gasteiger partial charge on any atom is 0.269 e. The molecule has 4 heteroatoms. The Labute approximate surface area is 85.0 Å². The van der Waals surface area contributed by atoms with Crippen molar-refractivity contribution >= 4 is 21.6 Å². The highest BCUT2D eigenvalue weighted by atomic mass is 79.9. The second-order valence-corrected chi connectivity index (χ2v) is 4.48. The molecule has 1 aromatic carbocycles. The maximum atomic E-state index is 10.4. The van der Waals surface area contributed by atoms with E-state index in [1.165, 1.54) is 6.07 Å². The second kappa shape index (κ2) is 4.37. The first kappa shape index (κ1) is 10.2. The molecule has 0 aliphatic carbocycles. The molecule has 13 heavy (non-hydrogen) atoms. The van der Waals surface area contributed by atoms with Gasteiger partial charge in [0, 0.05) is 17.0 Å². The topological polar surface area (TPSA) is 43.1 Å². The number of nitro groups is 1. The van der Waals surface area contributed by atoms with E-state index in [9.17, 15) is 10.1 Å². The number of hydrogen-bond acceptors (Lipinski definition) is 2. The van der Waals surface area contributed by atoms with Crippen LogP contribution in [0.1, 0.15) is 12.5 Å². The molecule has 0 bridgehead atoms. The molecule has 0 aliphatic rings. The van der Waals surface area contributed by atoms with Gasteiger partial charge in [0.05, 0.1) is 4.92 Å². The third kappa shape index (κ3) is 3.14. The molecule has 0 heterocycles. The molecule has 70 valence electrons. The summed E-state index contributed by atoms with van der Waals surface area (Å²) in [6, 6.07) is 6.72. The average molecular weight is 244 g/mol. The van der Waals surface area contributed by atoms with Crippen molar-refractivity contribution in [1.29, 1.82) is 0 Å². The molecule has 0 N–H and O–H groups in total. The molecule has 1 rings (SSSR count). The lowest BCUT2D eigenvalue weighted by Gasteiger charge is -2.02. The predicted octanol–water partition coefficient (Wildman–Crippen LogP) is 2.92. The van der Waals surface area contributed by atoms with Gasteiger partial charge in [-0.05, 0) is 12.0 Å². The first-order chi connectivity index (χ1) is 6.09. The molecular formula is C9H10BrNO2. The number of hydrogen-bond donors (Lipinski definition) is 0. The molecule has 0 radical (unpaired) electrons. The molecule has 0 fully saturated rings. The zero-order valence-electron chi connectivity index (χ0n) is 7.24. The van der Waals surface area contributed by atoms with E-state index in [0.717, 1.165) is 12.0 Å². The van der Waals surface area contributed by atoms with Gasteiger partial charge in [0.25, 0.3) is 5.69 Å². The van der Waals surface area contributed by atoms with Crippen LogP contribution in [0.25, 0.3) is 0 Å². The van der Waals surface area contributed by atoms with E-state index in [0.29, 0.717) is 4.83 Å². The van der Waals surface area contributed by atoms with E-state index < -0.39 is 0 Å². The average Bonchev–Trinajstić information content (AvgIpc) is 2.03. The zero-order chi connectivity index (χ0) is 9.84. The van der Waals surface area contributed by atoms with Crippen molar-refractivity contribution in [2.24, 2.45) is 0 Å². The Kier molecular flexibility index (Phi) is 3.42. The lowest BCUT2D eigenvalue weighted by molar-refractivity contribution is -0.384. The number of non-ortho nitro benzene ring substituents is 1. The largest absolute Gasteiger partial charge is 0.269 e. The fourth-order valence-corrected chi connectivity index (χ4v) is 1.50. The third-order valence-corrected chi connectivity index (χ3v) is 1.96.